The zero-order chi connectivity index (χ0) is 89.5. The lowest BCUT2D eigenvalue weighted by Gasteiger charge is -2.09. The molecule has 40 heteroatoms. The van der Waals surface area contributed by atoms with Gasteiger partial charge in [0.1, 0.15) is 72.7 Å². The summed E-state index contributed by atoms with van der Waals surface area (Å²) in [6.45, 7) is 43.5. The lowest BCUT2D eigenvalue weighted by atomic mass is 10.1. The first-order valence-corrected chi connectivity index (χ1v) is 32.7. The minimum Gasteiger partial charge on any atom is -0.449 e. The van der Waals surface area contributed by atoms with Gasteiger partial charge >= 0.3 is 73.1 Å². The van der Waals surface area contributed by atoms with Crippen LogP contribution in [0, 0.1) is 0 Å². The van der Waals surface area contributed by atoms with Crippen molar-refractivity contribution in [1.29, 1.82) is 0 Å². The van der Waals surface area contributed by atoms with E-state index in [9.17, 15) is 57.5 Å². The first-order chi connectivity index (χ1) is 53.9. The van der Waals surface area contributed by atoms with E-state index in [4.69, 9.17) is 51.8 Å². The van der Waals surface area contributed by atoms with Crippen molar-refractivity contribution >= 4 is 73.1 Å². The van der Waals surface area contributed by atoms with Crippen molar-refractivity contribution in [3.63, 3.8) is 0 Å². The van der Waals surface area contributed by atoms with E-state index in [1.54, 1.807) is 60.8 Å². The van der Waals surface area contributed by atoms with Gasteiger partial charge in [0.15, 0.2) is 0 Å². The molecule has 114 heavy (non-hydrogen) atoms. The SMILES string of the molecule is C=C(C=CCO)COC(=O)NC.C=C(C=CCOC(=O)NC)CO.C=C(C=CCOC(=O)NC)COC(N)=O.C=C(C=CCOC(N)=O)COC(=O)NC.C=C(CO)C(=C)COC(=O)NC.C=C(COC(N)=O)C(=C)COC(=O)NC.C=C/C(=C/COC(=O)NC)CO.C=C/C=C/CCOC(=O)NC.C=CC(=C)COC(=O)NC. The molecule has 0 aromatic rings. The second-order valence-corrected chi connectivity index (χ2v) is 19.5. The van der Waals surface area contributed by atoms with E-state index < -0.39 is 73.1 Å². The highest BCUT2D eigenvalue weighted by molar-refractivity contribution is 5.70. The molecule has 0 saturated carbocycles. The fourth-order valence-electron chi connectivity index (χ4n) is 4.52. The number of carbonyl (C=O) groups is 12. The summed E-state index contributed by atoms with van der Waals surface area (Å²) in [6.07, 6.45) is 16.3. The maximum absolute atomic E-state index is 10.7. The van der Waals surface area contributed by atoms with Crippen molar-refractivity contribution in [1.82, 2.24) is 47.9 Å². The number of allylic oxidation sites excluding steroid dienone is 2. The molecule has 0 fully saturated rings. The largest absolute Gasteiger partial charge is 0.449 e. The third-order valence-electron chi connectivity index (χ3n) is 10.5. The number of amides is 12. The van der Waals surface area contributed by atoms with E-state index in [0.29, 0.717) is 62.3 Å². The highest BCUT2D eigenvalue weighted by atomic mass is 16.6. The Morgan fingerprint density at radius 1 is 0.307 bits per heavy atom. The number of rotatable bonds is 38. The number of aliphatic hydroxyl groups excluding tert-OH is 4. The van der Waals surface area contributed by atoms with Crippen LogP contribution < -0.4 is 65.1 Å². The highest BCUT2D eigenvalue weighted by Crippen LogP contribution is 2.07. The topological polar surface area (TPSA) is 583 Å². The van der Waals surface area contributed by atoms with Gasteiger partial charge in [0.25, 0.3) is 0 Å². The van der Waals surface area contributed by atoms with E-state index in [-0.39, 0.29) is 99.1 Å². The summed E-state index contributed by atoms with van der Waals surface area (Å²) in [4.78, 5) is 126. The highest BCUT2D eigenvalue weighted by Gasteiger charge is 2.07. The zero-order valence-corrected chi connectivity index (χ0v) is 66.4. The van der Waals surface area contributed by atoms with Crippen LogP contribution in [0.3, 0.4) is 0 Å². The third kappa shape index (κ3) is 103. The van der Waals surface area contributed by atoms with Gasteiger partial charge in [-0.2, -0.15) is 0 Å². The number of carbonyl (C=O) groups excluding carboxylic acids is 12. The van der Waals surface area contributed by atoms with Crippen LogP contribution in [0.15, 0.2) is 220 Å². The predicted molar refractivity (Wildman–Crippen MR) is 430 cm³/mol. The lowest BCUT2D eigenvalue weighted by Crippen LogP contribution is -2.21. The van der Waals surface area contributed by atoms with Crippen molar-refractivity contribution in [2.45, 2.75) is 6.42 Å². The molecule has 642 valence electrons. The van der Waals surface area contributed by atoms with Crippen LogP contribution in [-0.2, 0) is 56.8 Å². The molecule has 19 N–H and O–H groups in total. The van der Waals surface area contributed by atoms with E-state index in [1.807, 2.05) is 12.2 Å². The van der Waals surface area contributed by atoms with Gasteiger partial charge in [-0.15, -0.1) is 0 Å². The second kappa shape index (κ2) is 88.3. The number of aliphatic hydroxyl groups is 4. The molecule has 0 heterocycles. The van der Waals surface area contributed by atoms with Crippen LogP contribution in [0.1, 0.15) is 6.42 Å². The van der Waals surface area contributed by atoms with Gasteiger partial charge in [-0.1, -0.05) is 140 Å². The lowest BCUT2D eigenvalue weighted by molar-refractivity contribution is 0.150. The van der Waals surface area contributed by atoms with Crippen molar-refractivity contribution in [3.05, 3.63) is 220 Å². The molecule has 0 aliphatic carbocycles. The smallest absolute Gasteiger partial charge is 0.407 e. The summed E-state index contributed by atoms with van der Waals surface area (Å²) in [6, 6.07) is 0. The van der Waals surface area contributed by atoms with Gasteiger partial charge < -0.3 is 142 Å². The Labute approximate surface area is 665 Å². The number of nitrogens with two attached hydrogens (primary N) is 3. The molecule has 0 bridgehead atoms. The molecule has 0 aromatic carbocycles. The maximum atomic E-state index is 10.7. The van der Waals surface area contributed by atoms with Gasteiger partial charge in [-0.25, -0.2) is 57.5 Å². The zero-order valence-electron chi connectivity index (χ0n) is 66.4. The summed E-state index contributed by atoms with van der Waals surface area (Å²) in [7, 11) is 13.3. The molecule has 40 nitrogen and oxygen atoms in total. The Balaban J connectivity index is -0.000000156. The Morgan fingerprint density at radius 3 is 0.912 bits per heavy atom. The Morgan fingerprint density at radius 2 is 0.596 bits per heavy atom. The minimum atomic E-state index is -0.892. The molecule has 0 unspecified atom stereocenters. The number of ether oxygens (including phenoxy) is 12. The number of hydrogen-bond acceptors (Lipinski definition) is 28. The number of primary amides is 3. The fraction of sp³-hybridized carbons (Fsp3) is 0.351. The first kappa shape index (κ1) is 119. The van der Waals surface area contributed by atoms with Gasteiger partial charge in [-0.05, 0) is 86.5 Å². The summed E-state index contributed by atoms with van der Waals surface area (Å²) in [5, 5.41) is 54.9. The summed E-state index contributed by atoms with van der Waals surface area (Å²) >= 11 is 0. The fourth-order valence-corrected chi connectivity index (χ4v) is 4.52. The molecular weight excluding hydrogens is 1500 g/mol. The molecule has 12 amide bonds. The van der Waals surface area contributed by atoms with Crippen molar-refractivity contribution < 1.29 is 135 Å². The molecule has 0 saturated heterocycles. The summed E-state index contributed by atoms with van der Waals surface area (Å²) < 4.78 is 55.3. The molecule has 0 aliphatic rings. The normalized spacial score (nSPS) is 9.46. The number of nitrogens with one attached hydrogen (secondary N) is 9. The van der Waals surface area contributed by atoms with Gasteiger partial charge in [0.05, 0.1) is 33.0 Å². The van der Waals surface area contributed by atoms with Crippen molar-refractivity contribution in [3.8, 4) is 0 Å². The Hall–Kier alpha value is -13.6. The molecule has 0 rings (SSSR count). The van der Waals surface area contributed by atoms with Gasteiger partial charge in [0.2, 0.25) is 0 Å². The van der Waals surface area contributed by atoms with Crippen molar-refractivity contribution in [2.24, 2.45) is 17.2 Å². The molecule has 0 radical (unpaired) electrons. The van der Waals surface area contributed by atoms with Crippen LogP contribution in [0.2, 0.25) is 0 Å². The van der Waals surface area contributed by atoms with Crippen LogP contribution in [0.4, 0.5) is 57.5 Å². The van der Waals surface area contributed by atoms with E-state index >= 15 is 0 Å². The molecule has 0 atom stereocenters. The second-order valence-electron chi connectivity index (χ2n) is 19.5. The molecule has 0 aliphatic heterocycles. The van der Waals surface area contributed by atoms with E-state index in [0.717, 1.165) is 6.42 Å². The van der Waals surface area contributed by atoms with Crippen molar-refractivity contribution in [2.75, 3.05) is 169 Å². The Bertz CT molecular complexity index is 3190. The van der Waals surface area contributed by atoms with Crippen LogP contribution in [-0.4, -0.2) is 263 Å². The third-order valence-corrected chi connectivity index (χ3v) is 10.5. The van der Waals surface area contributed by atoms with E-state index in [1.165, 1.54) is 75.6 Å². The summed E-state index contributed by atoms with van der Waals surface area (Å²) in [5.41, 5.74) is 19.8. The van der Waals surface area contributed by atoms with E-state index in [2.05, 4.69) is 169 Å². The molecule has 0 aromatic heterocycles. The minimum absolute atomic E-state index is 0.0133. The standard InChI is InChI=1S/3C9H14N2O4.4C8H13NO3.C8H13NO2.C7H11NO2/c1-6(4-14-8(10)12)7(2)5-15-9(13)11-3;1-7(6-15-8(10)12)4-3-5-14-9(13)11-2;1-7(6-15-9(13)11-2)4-3-5-14-8(10)12;1-6(4-10)7(2)5-12-8(11)9-3;1-7(6-10)4-3-5-12-8(11)9-2;1-7(4-3-5-10)6-12-8(11)9-2;1-3-7(6-10)4-5-12-8(11)9-2;1-3-4-5-6-7-11-8(10)9-2;1-4-6(2)5-10-7(9)8-3/h1-2,4-5H2,3H3,(H2,10,12)(H,11,13);2*3-4H,1,5-6H2,2H3,(H2,10,12)(H,11,13);10H,1-2,4-5H2,3H3,(H,9,11);3*3-4,10H,1,5-6H2,2H3,(H,9,11);3-5H,1,6-7H2,2H3,(H,9,10);4H,1-2,5H2,3H3,(H,8,9)/b;;;;;;7-4-;5-4+;. The van der Waals surface area contributed by atoms with Crippen LogP contribution in [0.5, 0.6) is 0 Å². The van der Waals surface area contributed by atoms with Crippen LogP contribution >= 0.6 is 0 Å². The number of hydrogen-bond donors (Lipinski definition) is 16. The van der Waals surface area contributed by atoms with Gasteiger partial charge in [0, 0.05) is 63.4 Å². The maximum Gasteiger partial charge on any atom is 0.407 e. The molecule has 0 spiro atoms. The predicted octanol–water partition coefficient (Wildman–Crippen LogP) is 6.00. The monoisotopic (exact) mass is 1620 g/mol. The number of alkyl carbamates (subject to hydrolysis) is 9. The Kier molecular flexibility index (Phi) is 92.0. The average Bonchev–Trinajstić information content (AvgIpc) is 0.974. The average molecular weight is 1620 g/mol. The summed E-state index contributed by atoms with van der Waals surface area (Å²) in [5.74, 6) is 0. The van der Waals surface area contributed by atoms with Crippen LogP contribution in [0.25, 0.3) is 0 Å². The van der Waals surface area contributed by atoms with Gasteiger partial charge in [-0.3, -0.25) is 0 Å². The quantitative estimate of drug-likeness (QED) is 0.0191. The molecular formula is C74H118N12O28. The first-order valence-electron chi connectivity index (χ1n) is 32.7.